The summed E-state index contributed by atoms with van der Waals surface area (Å²) in [6.45, 7) is 17.9. The minimum absolute atomic E-state index is 0.211. The Bertz CT molecular complexity index is 419. The van der Waals surface area contributed by atoms with Crippen LogP contribution in [-0.2, 0) is 4.79 Å². The summed E-state index contributed by atoms with van der Waals surface area (Å²) in [7, 11) is 0. The molecule has 0 saturated carbocycles. The van der Waals surface area contributed by atoms with Crippen LogP contribution in [0.1, 0.15) is 55.4 Å². The molecule has 0 radical (unpaired) electrons. The molecule has 1 heterocycles. The van der Waals surface area contributed by atoms with Crippen molar-refractivity contribution in [3.05, 3.63) is 22.3 Å². The highest BCUT2D eigenvalue weighted by Gasteiger charge is 2.37. The summed E-state index contributed by atoms with van der Waals surface area (Å²) in [5.41, 5.74) is 4.67. The molecule has 1 aliphatic heterocycles. The van der Waals surface area contributed by atoms with Crippen LogP contribution in [0.15, 0.2) is 22.3 Å². The lowest BCUT2D eigenvalue weighted by molar-refractivity contribution is -0.130. The fraction of sp³-hybridized carbons (Fsp3) is 0.706. The summed E-state index contributed by atoms with van der Waals surface area (Å²) in [6, 6.07) is 0.266. The average molecular weight is 263 g/mol. The highest BCUT2D eigenvalue weighted by molar-refractivity contribution is 6.00. The van der Waals surface area contributed by atoms with Crippen LogP contribution in [0, 0.1) is 11.8 Å². The molecular formula is C17H29NO. The van der Waals surface area contributed by atoms with Gasteiger partial charge in [0.1, 0.15) is 0 Å². The van der Waals surface area contributed by atoms with Crippen molar-refractivity contribution in [2.45, 2.75) is 61.4 Å². The van der Waals surface area contributed by atoms with Crippen LogP contribution < -0.4 is 0 Å². The van der Waals surface area contributed by atoms with Gasteiger partial charge in [-0.1, -0.05) is 25.0 Å². The predicted octanol–water partition coefficient (Wildman–Crippen LogP) is 4.18. The number of carbonyl (C=O) groups is 1. The van der Waals surface area contributed by atoms with E-state index in [1.165, 1.54) is 11.1 Å². The van der Waals surface area contributed by atoms with Crippen molar-refractivity contribution in [3.8, 4) is 0 Å². The van der Waals surface area contributed by atoms with E-state index in [9.17, 15) is 4.79 Å². The molecule has 1 rings (SSSR count). The van der Waals surface area contributed by atoms with E-state index in [1.54, 1.807) is 0 Å². The number of nitrogens with zero attached hydrogens (tertiary/aromatic N) is 1. The summed E-state index contributed by atoms with van der Waals surface area (Å²) in [5, 5.41) is 0. The molecule has 0 N–H and O–H groups in total. The van der Waals surface area contributed by atoms with Crippen molar-refractivity contribution < 1.29 is 4.79 Å². The Labute approximate surface area is 118 Å². The molecule has 1 aliphatic rings. The summed E-state index contributed by atoms with van der Waals surface area (Å²) in [4.78, 5) is 14.8. The highest BCUT2D eigenvalue weighted by Crippen LogP contribution is 2.37. The number of piperidine rings is 1. The van der Waals surface area contributed by atoms with Crippen LogP contribution in [0.25, 0.3) is 0 Å². The van der Waals surface area contributed by atoms with Crippen LogP contribution in [0.4, 0.5) is 0 Å². The third-order valence-electron chi connectivity index (χ3n) is 3.98. The lowest BCUT2D eigenvalue weighted by Gasteiger charge is -2.41. The molecule has 108 valence electrons. The van der Waals surface area contributed by atoms with Crippen LogP contribution in [0.2, 0.25) is 0 Å². The van der Waals surface area contributed by atoms with Crippen molar-refractivity contribution in [1.82, 2.24) is 4.90 Å². The van der Waals surface area contributed by atoms with E-state index in [0.29, 0.717) is 11.8 Å². The first kappa shape index (κ1) is 16.0. The van der Waals surface area contributed by atoms with Crippen molar-refractivity contribution in [2.24, 2.45) is 11.8 Å². The Morgan fingerprint density at radius 1 is 1.05 bits per heavy atom. The molecule has 2 nitrogen and oxygen atoms in total. The van der Waals surface area contributed by atoms with Gasteiger partial charge in [0.25, 0.3) is 5.91 Å². The first-order chi connectivity index (χ1) is 8.68. The van der Waals surface area contributed by atoms with Gasteiger partial charge in [-0.05, 0) is 53.0 Å². The fourth-order valence-electron chi connectivity index (χ4n) is 2.92. The quantitative estimate of drug-likeness (QED) is 0.684. The molecule has 0 aromatic carbocycles. The van der Waals surface area contributed by atoms with Crippen LogP contribution in [-0.4, -0.2) is 23.4 Å². The number of rotatable bonds is 2. The maximum Gasteiger partial charge on any atom is 0.254 e. The molecular weight excluding hydrogens is 234 g/mol. The standard InChI is InChI=1S/C17H29NO/c1-10(2)14-9-18(13(7)8)17(19)16(12(5)6)15(14)11(3)4/h10,13-14H,9H2,1-8H3. The Morgan fingerprint density at radius 2 is 1.58 bits per heavy atom. The Hall–Kier alpha value is -1.05. The van der Waals surface area contributed by atoms with E-state index in [0.717, 1.165) is 17.7 Å². The van der Waals surface area contributed by atoms with Gasteiger partial charge < -0.3 is 4.90 Å². The normalized spacial score (nSPS) is 20.6. The van der Waals surface area contributed by atoms with E-state index in [2.05, 4.69) is 55.4 Å². The van der Waals surface area contributed by atoms with Gasteiger partial charge in [-0.15, -0.1) is 0 Å². The van der Waals surface area contributed by atoms with Crippen LogP contribution in [0.5, 0.6) is 0 Å². The second-order valence-electron chi connectivity index (χ2n) is 6.69. The van der Waals surface area contributed by atoms with Gasteiger partial charge in [-0.25, -0.2) is 0 Å². The van der Waals surface area contributed by atoms with Crippen LogP contribution >= 0.6 is 0 Å². The maximum atomic E-state index is 12.7. The second-order valence-corrected chi connectivity index (χ2v) is 6.69. The van der Waals surface area contributed by atoms with Crippen molar-refractivity contribution in [1.29, 1.82) is 0 Å². The Morgan fingerprint density at radius 3 is 1.89 bits per heavy atom. The predicted molar refractivity (Wildman–Crippen MR) is 81.9 cm³/mol. The number of hydrogen-bond acceptors (Lipinski definition) is 1. The largest absolute Gasteiger partial charge is 0.336 e. The fourth-order valence-corrected chi connectivity index (χ4v) is 2.92. The number of amides is 1. The van der Waals surface area contributed by atoms with Gasteiger partial charge in [0.05, 0.1) is 0 Å². The van der Waals surface area contributed by atoms with E-state index in [1.807, 2.05) is 4.90 Å². The maximum absolute atomic E-state index is 12.7. The first-order valence-electron chi connectivity index (χ1n) is 7.34. The first-order valence-corrected chi connectivity index (χ1v) is 7.34. The van der Waals surface area contributed by atoms with Crippen molar-refractivity contribution in [2.75, 3.05) is 6.54 Å². The summed E-state index contributed by atoms with van der Waals surface area (Å²) >= 11 is 0. The van der Waals surface area contributed by atoms with E-state index in [-0.39, 0.29) is 11.9 Å². The lowest BCUT2D eigenvalue weighted by Crippen LogP contribution is -2.48. The average Bonchev–Trinajstić information content (AvgIpc) is 2.26. The molecule has 0 aromatic rings. The summed E-state index contributed by atoms with van der Waals surface area (Å²) < 4.78 is 0. The van der Waals surface area contributed by atoms with E-state index in [4.69, 9.17) is 0 Å². The highest BCUT2D eigenvalue weighted by atomic mass is 16.2. The third kappa shape index (κ3) is 3.10. The molecule has 1 unspecified atom stereocenters. The number of carbonyl (C=O) groups excluding carboxylic acids is 1. The zero-order valence-electron chi connectivity index (χ0n) is 13.8. The molecule has 2 heteroatoms. The number of hydrogen-bond donors (Lipinski definition) is 0. The monoisotopic (exact) mass is 263 g/mol. The number of likely N-dealkylation sites (tertiary alicyclic amines) is 1. The molecule has 1 atom stereocenters. The topological polar surface area (TPSA) is 20.3 Å². The minimum Gasteiger partial charge on any atom is -0.336 e. The van der Waals surface area contributed by atoms with E-state index < -0.39 is 0 Å². The second kappa shape index (κ2) is 5.94. The number of allylic oxidation sites excluding steroid dienone is 2. The third-order valence-corrected chi connectivity index (χ3v) is 3.98. The molecule has 0 aromatic heterocycles. The summed E-state index contributed by atoms with van der Waals surface area (Å²) in [5.74, 6) is 1.21. The SMILES string of the molecule is CC(C)=C1C(=O)N(C(C)C)CC(C(C)C)C1=C(C)C. The molecule has 1 fully saturated rings. The van der Waals surface area contributed by atoms with Gasteiger partial charge in [-0.3, -0.25) is 4.79 Å². The molecule has 0 aliphatic carbocycles. The zero-order valence-corrected chi connectivity index (χ0v) is 13.8. The van der Waals surface area contributed by atoms with Crippen molar-refractivity contribution in [3.63, 3.8) is 0 Å². The van der Waals surface area contributed by atoms with Gasteiger partial charge in [0, 0.05) is 24.1 Å². The smallest absolute Gasteiger partial charge is 0.254 e. The van der Waals surface area contributed by atoms with E-state index >= 15 is 0 Å². The van der Waals surface area contributed by atoms with Gasteiger partial charge in [0.15, 0.2) is 0 Å². The molecule has 0 bridgehead atoms. The van der Waals surface area contributed by atoms with Crippen LogP contribution in [0.3, 0.4) is 0 Å². The Kier molecular flexibility index (Phi) is 5.00. The Balaban J connectivity index is 3.43. The van der Waals surface area contributed by atoms with Gasteiger partial charge in [0.2, 0.25) is 0 Å². The zero-order chi connectivity index (χ0) is 14.9. The van der Waals surface area contributed by atoms with Gasteiger partial charge >= 0.3 is 0 Å². The van der Waals surface area contributed by atoms with Crippen molar-refractivity contribution >= 4 is 5.91 Å². The molecule has 0 spiro atoms. The molecule has 19 heavy (non-hydrogen) atoms. The molecule has 1 amide bonds. The minimum atomic E-state index is 0.211. The lowest BCUT2D eigenvalue weighted by atomic mass is 9.76. The van der Waals surface area contributed by atoms with Gasteiger partial charge in [-0.2, -0.15) is 0 Å². The molecule has 1 saturated heterocycles. The summed E-state index contributed by atoms with van der Waals surface area (Å²) in [6.07, 6.45) is 0.